The van der Waals surface area contributed by atoms with Crippen molar-refractivity contribution in [1.29, 1.82) is 0 Å². The Bertz CT molecular complexity index is 755. The van der Waals surface area contributed by atoms with E-state index in [0.29, 0.717) is 25.7 Å². The fourth-order valence-corrected chi connectivity index (χ4v) is 2.75. The van der Waals surface area contributed by atoms with Crippen molar-refractivity contribution in [3.8, 4) is 11.5 Å². The third kappa shape index (κ3) is 6.00. The van der Waals surface area contributed by atoms with Gasteiger partial charge in [-0.05, 0) is 30.2 Å². The van der Waals surface area contributed by atoms with E-state index in [2.05, 4.69) is 15.6 Å². The monoisotopic (exact) mass is 483 g/mol. The van der Waals surface area contributed by atoms with Crippen LogP contribution in [0.25, 0.3) is 0 Å². The van der Waals surface area contributed by atoms with Crippen molar-refractivity contribution in [1.82, 2.24) is 10.6 Å². The van der Waals surface area contributed by atoms with Crippen molar-refractivity contribution >= 4 is 29.9 Å². The maximum atomic E-state index is 9.43. The second-order valence-electron chi connectivity index (χ2n) is 6.00. The van der Waals surface area contributed by atoms with E-state index in [1.54, 1.807) is 0 Å². The van der Waals surface area contributed by atoms with Crippen molar-refractivity contribution in [3.63, 3.8) is 0 Å². The van der Waals surface area contributed by atoms with Crippen LogP contribution < -0.4 is 20.1 Å². The van der Waals surface area contributed by atoms with E-state index in [9.17, 15) is 5.11 Å². The summed E-state index contributed by atoms with van der Waals surface area (Å²) in [5.41, 5.74) is 1.91. The van der Waals surface area contributed by atoms with Gasteiger partial charge in [-0.15, -0.1) is 24.0 Å². The van der Waals surface area contributed by atoms with Crippen molar-refractivity contribution in [2.75, 3.05) is 19.7 Å². The van der Waals surface area contributed by atoms with E-state index in [0.717, 1.165) is 29.2 Å². The second kappa shape index (κ2) is 11.0. The molecule has 0 saturated heterocycles. The van der Waals surface area contributed by atoms with Gasteiger partial charge in [-0.2, -0.15) is 0 Å². The molecule has 0 amide bonds. The number of aliphatic imine (C=N–C) groups is 1. The third-order valence-electron chi connectivity index (χ3n) is 4.11. The van der Waals surface area contributed by atoms with Crippen LogP contribution in [0.1, 0.15) is 18.1 Å². The zero-order chi connectivity index (χ0) is 18.2. The largest absolute Gasteiger partial charge is 0.486 e. The fourth-order valence-electron chi connectivity index (χ4n) is 2.75. The van der Waals surface area contributed by atoms with E-state index in [-0.39, 0.29) is 36.7 Å². The average Bonchev–Trinajstić information content (AvgIpc) is 2.70. The summed E-state index contributed by atoms with van der Waals surface area (Å²) >= 11 is 0. The van der Waals surface area contributed by atoms with Gasteiger partial charge in [0.15, 0.2) is 17.5 Å². The minimum absolute atomic E-state index is 0. The van der Waals surface area contributed by atoms with E-state index >= 15 is 0 Å². The van der Waals surface area contributed by atoms with Gasteiger partial charge in [0.25, 0.3) is 0 Å². The van der Waals surface area contributed by atoms with E-state index in [1.807, 2.05) is 55.5 Å². The van der Waals surface area contributed by atoms with Crippen LogP contribution in [0.15, 0.2) is 53.5 Å². The Morgan fingerprint density at radius 2 is 1.78 bits per heavy atom. The minimum atomic E-state index is -0.0847. The van der Waals surface area contributed by atoms with Gasteiger partial charge in [-0.25, -0.2) is 4.99 Å². The van der Waals surface area contributed by atoms with Gasteiger partial charge < -0.3 is 25.2 Å². The molecule has 3 N–H and O–H groups in total. The summed E-state index contributed by atoms with van der Waals surface area (Å²) in [4.78, 5) is 4.61. The Labute approximate surface area is 177 Å². The number of nitrogens with zero attached hydrogens (tertiary/aromatic N) is 1. The smallest absolute Gasteiger partial charge is 0.191 e. The average molecular weight is 483 g/mol. The number of aliphatic hydroxyl groups excluding tert-OH is 1. The van der Waals surface area contributed by atoms with Gasteiger partial charge in [0.05, 0.1) is 19.7 Å². The molecule has 3 rings (SSSR count). The van der Waals surface area contributed by atoms with Crippen LogP contribution >= 0.6 is 24.0 Å². The van der Waals surface area contributed by atoms with E-state index in [1.165, 1.54) is 0 Å². The first-order chi connectivity index (χ1) is 12.8. The number of hydrogen-bond acceptors (Lipinski definition) is 4. The molecule has 146 valence electrons. The highest BCUT2D eigenvalue weighted by Gasteiger charge is 2.20. The van der Waals surface area contributed by atoms with Gasteiger partial charge in [0.1, 0.15) is 12.7 Å². The first-order valence-corrected chi connectivity index (χ1v) is 8.88. The minimum Gasteiger partial charge on any atom is -0.486 e. The summed E-state index contributed by atoms with van der Waals surface area (Å²) < 4.78 is 11.7. The molecule has 2 aromatic carbocycles. The molecule has 0 aromatic heterocycles. The molecule has 0 saturated carbocycles. The molecule has 2 aromatic rings. The molecule has 0 radical (unpaired) electrons. The third-order valence-corrected chi connectivity index (χ3v) is 4.11. The SMILES string of the molecule is CCNC(=NCc1ccccc1CO)NCC1COc2ccccc2O1.I. The number of rotatable bonds is 6. The quantitative estimate of drug-likeness (QED) is 0.335. The molecule has 0 bridgehead atoms. The van der Waals surface area contributed by atoms with Gasteiger partial charge in [0, 0.05) is 6.54 Å². The van der Waals surface area contributed by atoms with E-state index < -0.39 is 0 Å². The highest BCUT2D eigenvalue weighted by atomic mass is 127. The number of guanidine groups is 1. The number of fused-ring (bicyclic) bond motifs is 1. The maximum absolute atomic E-state index is 9.43. The Morgan fingerprint density at radius 1 is 1.07 bits per heavy atom. The summed E-state index contributed by atoms with van der Waals surface area (Å²) in [5.74, 6) is 2.26. The number of para-hydroxylation sites is 2. The van der Waals surface area contributed by atoms with Crippen molar-refractivity contribution < 1.29 is 14.6 Å². The lowest BCUT2D eigenvalue weighted by Crippen LogP contribution is -2.45. The van der Waals surface area contributed by atoms with Crippen LogP contribution in [0.2, 0.25) is 0 Å². The molecule has 6 nitrogen and oxygen atoms in total. The second-order valence-corrected chi connectivity index (χ2v) is 6.00. The number of hydrogen-bond donors (Lipinski definition) is 3. The normalized spacial score (nSPS) is 15.6. The standard InChI is InChI=1S/C20H25N3O3.HI/c1-2-21-20(22-11-15-7-3-4-8-16(15)13-24)23-12-17-14-25-18-9-5-6-10-19(18)26-17;/h3-10,17,24H,2,11-14H2,1H3,(H2,21,22,23);1H. The van der Waals surface area contributed by atoms with Crippen LogP contribution in [0.5, 0.6) is 11.5 Å². The van der Waals surface area contributed by atoms with Crippen molar-refractivity contribution in [2.24, 2.45) is 4.99 Å². The number of halogens is 1. The summed E-state index contributed by atoms with van der Waals surface area (Å²) in [6.45, 7) is 4.38. The highest BCUT2D eigenvalue weighted by Crippen LogP contribution is 2.30. The van der Waals surface area contributed by atoms with Crippen molar-refractivity contribution in [3.05, 3.63) is 59.7 Å². The number of nitrogens with one attached hydrogen (secondary N) is 2. The molecule has 0 aliphatic carbocycles. The molecule has 1 heterocycles. The van der Waals surface area contributed by atoms with Crippen LogP contribution in [0.4, 0.5) is 0 Å². The first kappa shape index (κ1) is 21.3. The number of aliphatic hydroxyl groups is 1. The topological polar surface area (TPSA) is 75.1 Å². The lowest BCUT2D eigenvalue weighted by molar-refractivity contribution is 0.0936. The summed E-state index contributed by atoms with van der Waals surface area (Å²) in [6.07, 6.45) is -0.0847. The molecule has 27 heavy (non-hydrogen) atoms. The molecule has 0 fully saturated rings. The molecule has 7 heteroatoms. The molecular weight excluding hydrogens is 457 g/mol. The van der Waals surface area contributed by atoms with E-state index in [4.69, 9.17) is 9.47 Å². The van der Waals surface area contributed by atoms with Crippen LogP contribution in [-0.2, 0) is 13.2 Å². The molecule has 1 atom stereocenters. The summed E-state index contributed by atoms with van der Waals surface area (Å²) in [7, 11) is 0. The van der Waals surface area contributed by atoms with Crippen LogP contribution in [0, 0.1) is 0 Å². The lowest BCUT2D eigenvalue weighted by Gasteiger charge is -2.27. The van der Waals surface area contributed by atoms with Gasteiger partial charge >= 0.3 is 0 Å². The van der Waals surface area contributed by atoms with Crippen LogP contribution in [-0.4, -0.2) is 36.9 Å². The predicted octanol–water partition coefficient (Wildman–Crippen LogP) is 2.69. The fraction of sp³-hybridized carbons (Fsp3) is 0.350. The van der Waals surface area contributed by atoms with Crippen molar-refractivity contribution in [2.45, 2.75) is 26.2 Å². The zero-order valence-electron chi connectivity index (χ0n) is 15.4. The maximum Gasteiger partial charge on any atom is 0.191 e. The number of benzene rings is 2. The highest BCUT2D eigenvalue weighted by molar-refractivity contribution is 14.0. The van der Waals surface area contributed by atoms with Gasteiger partial charge in [-0.1, -0.05) is 36.4 Å². The molecule has 1 aliphatic rings. The summed E-state index contributed by atoms with van der Waals surface area (Å²) in [6, 6.07) is 15.4. The first-order valence-electron chi connectivity index (χ1n) is 8.88. The molecule has 1 aliphatic heterocycles. The summed E-state index contributed by atoms with van der Waals surface area (Å²) in [5, 5.41) is 16.0. The van der Waals surface area contributed by atoms with Gasteiger partial charge in [0.2, 0.25) is 0 Å². The number of ether oxygens (including phenoxy) is 2. The molecular formula is C20H26IN3O3. The Hall–Kier alpha value is -2.00. The van der Waals surface area contributed by atoms with Crippen LogP contribution in [0.3, 0.4) is 0 Å². The lowest BCUT2D eigenvalue weighted by atomic mass is 10.1. The predicted molar refractivity (Wildman–Crippen MR) is 117 cm³/mol. The molecule has 0 spiro atoms. The Kier molecular flexibility index (Phi) is 8.66. The van der Waals surface area contributed by atoms with Gasteiger partial charge in [-0.3, -0.25) is 0 Å². The zero-order valence-corrected chi connectivity index (χ0v) is 17.7. The Balaban J connectivity index is 0.00000261. The Morgan fingerprint density at radius 3 is 2.52 bits per heavy atom. The molecule has 1 unspecified atom stereocenters.